The average molecular weight is 302 g/mol. The SMILES string of the molecule is CCCc1cccc(Sc2c(O)cccc2O)c1CCC. The van der Waals surface area contributed by atoms with Gasteiger partial charge < -0.3 is 10.2 Å². The molecule has 0 heterocycles. The van der Waals surface area contributed by atoms with Crippen LogP contribution < -0.4 is 0 Å². The minimum Gasteiger partial charge on any atom is -0.507 e. The van der Waals surface area contributed by atoms with E-state index in [0.717, 1.165) is 30.6 Å². The first-order chi connectivity index (χ1) is 10.2. The Labute approximate surface area is 130 Å². The Morgan fingerprint density at radius 2 is 1.48 bits per heavy atom. The smallest absolute Gasteiger partial charge is 0.133 e. The molecule has 0 saturated carbocycles. The molecule has 2 aromatic rings. The van der Waals surface area contributed by atoms with Crippen molar-refractivity contribution in [1.29, 1.82) is 0 Å². The van der Waals surface area contributed by atoms with Crippen molar-refractivity contribution in [1.82, 2.24) is 0 Å². The van der Waals surface area contributed by atoms with Gasteiger partial charge in [0.1, 0.15) is 11.5 Å². The van der Waals surface area contributed by atoms with E-state index in [1.165, 1.54) is 22.9 Å². The Bertz CT molecular complexity index is 588. The fourth-order valence-corrected chi connectivity index (χ4v) is 3.54. The van der Waals surface area contributed by atoms with E-state index in [2.05, 4.69) is 32.0 Å². The summed E-state index contributed by atoms with van der Waals surface area (Å²) in [7, 11) is 0. The van der Waals surface area contributed by atoms with Crippen LogP contribution >= 0.6 is 11.8 Å². The van der Waals surface area contributed by atoms with E-state index in [-0.39, 0.29) is 11.5 Å². The van der Waals surface area contributed by atoms with Crippen LogP contribution in [0.25, 0.3) is 0 Å². The fraction of sp³-hybridized carbons (Fsp3) is 0.333. The zero-order valence-electron chi connectivity index (χ0n) is 12.6. The molecule has 2 rings (SSSR count). The summed E-state index contributed by atoms with van der Waals surface area (Å²) in [5, 5.41) is 19.9. The third kappa shape index (κ3) is 3.73. The maximum atomic E-state index is 9.97. The normalized spacial score (nSPS) is 10.8. The minimum atomic E-state index is 0.128. The molecule has 2 nitrogen and oxygen atoms in total. The first kappa shape index (κ1) is 15.8. The molecule has 3 heteroatoms. The van der Waals surface area contributed by atoms with Gasteiger partial charge in [0, 0.05) is 4.90 Å². The lowest BCUT2D eigenvalue weighted by molar-refractivity contribution is 0.428. The Kier molecular flexibility index (Phi) is 5.57. The van der Waals surface area contributed by atoms with E-state index in [4.69, 9.17) is 0 Å². The van der Waals surface area contributed by atoms with Gasteiger partial charge in [-0.2, -0.15) is 0 Å². The highest BCUT2D eigenvalue weighted by Crippen LogP contribution is 2.42. The predicted molar refractivity (Wildman–Crippen MR) is 88.3 cm³/mol. The lowest BCUT2D eigenvalue weighted by atomic mass is 10.00. The quantitative estimate of drug-likeness (QED) is 0.775. The standard InChI is InChI=1S/C18H22O2S/c1-3-7-13-9-5-12-17(14(13)8-4-2)21-18-15(19)10-6-11-16(18)20/h5-6,9-12,19-20H,3-4,7-8H2,1-2H3. The van der Waals surface area contributed by atoms with Crippen LogP contribution in [0.5, 0.6) is 11.5 Å². The van der Waals surface area contributed by atoms with Gasteiger partial charge in [-0.05, 0) is 42.2 Å². The van der Waals surface area contributed by atoms with Crippen molar-refractivity contribution >= 4 is 11.8 Å². The van der Waals surface area contributed by atoms with Crippen LogP contribution in [0.2, 0.25) is 0 Å². The van der Waals surface area contributed by atoms with Crippen LogP contribution in [-0.4, -0.2) is 10.2 Å². The van der Waals surface area contributed by atoms with Gasteiger partial charge in [-0.3, -0.25) is 0 Å². The third-order valence-corrected chi connectivity index (χ3v) is 4.66. The summed E-state index contributed by atoms with van der Waals surface area (Å²) in [4.78, 5) is 1.66. The molecule has 0 fully saturated rings. The van der Waals surface area contributed by atoms with Crippen LogP contribution in [0, 0.1) is 0 Å². The largest absolute Gasteiger partial charge is 0.507 e. The van der Waals surface area contributed by atoms with Gasteiger partial charge in [0.05, 0.1) is 4.90 Å². The molecule has 0 amide bonds. The van der Waals surface area contributed by atoms with Crippen molar-refractivity contribution in [2.75, 3.05) is 0 Å². The van der Waals surface area contributed by atoms with E-state index < -0.39 is 0 Å². The number of aryl methyl sites for hydroxylation is 1. The van der Waals surface area contributed by atoms with Crippen molar-refractivity contribution in [3.8, 4) is 11.5 Å². The lowest BCUT2D eigenvalue weighted by Crippen LogP contribution is -1.96. The molecule has 0 bridgehead atoms. The zero-order valence-corrected chi connectivity index (χ0v) is 13.4. The Morgan fingerprint density at radius 1 is 0.857 bits per heavy atom. The van der Waals surface area contributed by atoms with E-state index in [9.17, 15) is 10.2 Å². The van der Waals surface area contributed by atoms with Crippen LogP contribution in [-0.2, 0) is 12.8 Å². The van der Waals surface area contributed by atoms with E-state index >= 15 is 0 Å². The predicted octanol–water partition coefficient (Wildman–Crippen LogP) is 5.15. The van der Waals surface area contributed by atoms with E-state index in [1.807, 2.05) is 0 Å². The maximum absolute atomic E-state index is 9.97. The van der Waals surface area contributed by atoms with Gasteiger partial charge in [0.15, 0.2) is 0 Å². The molecule has 0 aliphatic rings. The lowest BCUT2D eigenvalue weighted by Gasteiger charge is -2.15. The number of benzene rings is 2. The Morgan fingerprint density at radius 3 is 2.10 bits per heavy atom. The molecule has 21 heavy (non-hydrogen) atoms. The monoisotopic (exact) mass is 302 g/mol. The zero-order chi connectivity index (χ0) is 15.2. The summed E-state index contributed by atoms with van der Waals surface area (Å²) >= 11 is 1.45. The molecule has 0 atom stereocenters. The van der Waals surface area contributed by atoms with Crippen molar-refractivity contribution in [2.24, 2.45) is 0 Å². The molecular formula is C18H22O2S. The number of phenolic OH excluding ortho intramolecular Hbond substituents is 2. The van der Waals surface area contributed by atoms with Crippen molar-refractivity contribution in [3.05, 3.63) is 47.5 Å². The van der Waals surface area contributed by atoms with Crippen LogP contribution in [0.1, 0.15) is 37.8 Å². The molecule has 112 valence electrons. The maximum Gasteiger partial charge on any atom is 0.133 e. The Balaban J connectivity index is 2.41. The summed E-state index contributed by atoms with van der Waals surface area (Å²) in [5.41, 5.74) is 2.72. The molecule has 0 saturated heterocycles. The molecular weight excluding hydrogens is 280 g/mol. The second-order valence-corrected chi connectivity index (χ2v) is 6.17. The highest BCUT2D eigenvalue weighted by atomic mass is 32.2. The van der Waals surface area contributed by atoms with Gasteiger partial charge in [0.25, 0.3) is 0 Å². The molecule has 0 radical (unpaired) electrons. The number of hydrogen-bond donors (Lipinski definition) is 2. The first-order valence-electron chi connectivity index (χ1n) is 7.46. The van der Waals surface area contributed by atoms with Gasteiger partial charge in [-0.1, -0.05) is 56.7 Å². The average Bonchev–Trinajstić information content (AvgIpc) is 2.46. The van der Waals surface area contributed by atoms with Gasteiger partial charge >= 0.3 is 0 Å². The molecule has 0 aromatic heterocycles. The number of hydrogen-bond acceptors (Lipinski definition) is 3. The second kappa shape index (κ2) is 7.41. The third-order valence-electron chi connectivity index (χ3n) is 3.43. The van der Waals surface area contributed by atoms with Crippen molar-refractivity contribution in [2.45, 2.75) is 49.3 Å². The molecule has 2 N–H and O–H groups in total. The van der Waals surface area contributed by atoms with Gasteiger partial charge in [0.2, 0.25) is 0 Å². The van der Waals surface area contributed by atoms with Gasteiger partial charge in [-0.15, -0.1) is 0 Å². The van der Waals surface area contributed by atoms with Crippen molar-refractivity contribution in [3.63, 3.8) is 0 Å². The summed E-state index contributed by atoms with van der Waals surface area (Å²) in [6.07, 6.45) is 4.29. The summed E-state index contributed by atoms with van der Waals surface area (Å²) in [5.74, 6) is 0.256. The van der Waals surface area contributed by atoms with Crippen molar-refractivity contribution < 1.29 is 10.2 Å². The number of phenols is 2. The molecule has 2 aromatic carbocycles. The highest BCUT2D eigenvalue weighted by Gasteiger charge is 2.13. The Hall–Kier alpha value is -1.61. The number of rotatable bonds is 6. The molecule has 0 aliphatic carbocycles. The summed E-state index contributed by atoms with van der Waals surface area (Å²) in [6.45, 7) is 4.36. The van der Waals surface area contributed by atoms with Crippen LogP contribution in [0.15, 0.2) is 46.2 Å². The number of aromatic hydroxyl groups is 2. The molecule has 0 spiro atoms. The highest BCUT2D eigenvalue weighted by molar-refractivity contribution is 7.99. The second-order valence-electron chi connectivity index (χ2n) is 5.12. The topological polar surface area (TPSA) is 40.5 Å². The molecule has 0 aliphatic heterocycles. The van der Waals surface area contributed by atoms with E-state index in [0.29, 0.717) is 4.90 Å². The first-order valence-corrected chi connectivity index (χ1v) is 8.28. The van der Waals surface area contributed by atoms with Crippen LogP contribution in [0.3, 0.4) is 0 Å². The summed E-state index contributed by atoms with van der Waals surface area (Å²) < 4.78 is 0. The van der Waals surface area contributed by atoms with Gasteiger partial charge in [-0.25, -0.2) is 0 Å². The fourth-order valence-electron chi connectivity index (χ4n) is 2.47. The van der Waals surface area contributed by atoms with E-state index in [1.54, 1.807) is 18.2 Å². The minimum absolute atomic E-state index is 0.128. The summed E-state index contributed by atoms with van der Waals surface area (Å²) in [6, 6.07) is 11.2. The van der Waals surface area contributed by atoms with Crippen LogP contribution in [0.4, 0.5) is 0 Å². The molecule has 0 unspecified atom stereocenters.